The first-order valence-electron chi connectivity index (χ1n) is 10.5. The Balaban J connectivity index is 1.27. The number of nitrogens with zero attached hydrogens (tertiary/aromatic N) is 6. The molecule has 3 aliphatic rings. The van der Waals surface area contributed by atoms with Gasteiger partial charge in [-0.25, -0.2) is 13.8 Å². The topological polar surface area (TPSA) is 79.2 Å². The number of alkyl halides is 2. The molecule has 8 nitrogen and oxygen atoms in total. The molecule has 2 aromatic heterocycles. The summed E-state index contributed by atoms with van der Waals surface area (Å²) in [7, 11) is 0. The Bertz CT molecular complexity index is 935. The highest BCUT2D eigenvalue weighted by molar-refractivity contribution is 5.84. The van der Waals surface area contributed by atoms with Gasteiger partial charge in [0.1, 0.15) is 11.7 Å². The maximum atomic E-state index is 13.4. The summed E-state index contributed by atoms with van der Waals surface area (Å²) in [6.07, 6.45) is 7.74. The van der Waals surface area contributed by atoms with Crippen LogP contribution >= 0.6 is 0 Å². The van der Waals surface area contributed by atoms with Gasteiger partial charge >= 0.3 is 0 Å². The minimum atomic E-state index is -2.81. The van der Waals surface area contributed by atoms with E-state index in [-0.39, 0.29) is 24.4 Å². The summed E-state index contributed by atoms with van der Waals surface area (Å²) in [5.41, 5.74) is 0.821. The first kappa shape index (κ1) is 19.2. The molecule has 160 valence electrons. The molecule has 4 heterocycles. The van der Waals surface area contributed by atoms with Crippen LogP contribution in [-0.2, 0) is 11.3 Å². The molecule has 0 spiro atoms. The number of aromatic nitrogens is 4. The van der Waals surface area contributed by atoms with Crippen LogP contribution in [-0.4, -0.2) is 61.7 Å². The Hall–Kier alpha value is -2.78. The highest BCUT2D eigenvalue weighted by Gasteiger charge is 2.64. The van der Waals surface area contributed by atoms with E-state index >= 15 is 0 Å². The summed E-state index contributed by atoms with van der Waals surface area (Å²) in [5, 5.41) is 7.47. The second-order valence-corrected chi connectivity index (χ2v) is 8.41. The third-order valence-corrected chi connectivity index (χ3v) is 6.17. The molecule has 1 N–H and O–H groups in total. The number of aryl methyl sites for hydroxylation is 1. The molecule has 10 heteroatoms. The highest BCUT2D eigenvalue weighted by Crippen LogP contribution is 2.51. The molecule has 2 bridgehead atoms. The van der Waals surface area contributed by atoms with Gasteiger partial charge in [0.25, 0.3) is 5.92 Å². The van der Waals surface area contributed by atoms with Crippen LogP contribution in [0.5, 0.6) is 0 Å². The average molecular weight is 417 g/mol. The summed E-state index contributed by atoms with van der Waals surface area (Å²) in [6.45, 7) is 4.15. The van der Waals surface area contributed by atoms with Crippen molar-refractivity contribution >= 4 is 23.4 Å². The van der Waals surface area contributed by atoms with E-state index in [9.17, 15) is 13.6 Å². The van der Waals surface area contributed by atoms with E-state index < -0.39 is 11.8 Å². The lowest BCUT2D eigenvalue weighted by atomic mass is 10.1. The Morgan fingerprint density at radius 3 is 2.70 bits per heavy atom. The number of halogens is 2. The lowest BCUT2D eigenvalue weighted by Gasteiger charge is -2.41. The number of carbonyl (C=O) groups is 1. The van der Waals surface area contributed by atoms with Crippen molar-refractivity contribution in [3.63, 3.8) is 0 Å². The van der Waals surface area contributed by atoms with Gasteiger partial charge < -0.3 is 15.1 Å². The summed E-state index contributed by atoms with van der Waals surface area (Å²) >= 11 is 0. The minimum Gasteiger partial charge on any atom is -0.352 e. The van der Waals surface area contributed by atoms with E-state index in [1.165, 1.54) is 0 Å². The van der Waals surface area contributed by atoms with Crippen molar-refractivity contribution in [1.82, 2.24) is 24.6 Å². The smallest absolute Gasteiger partial charge is 0.260 e. The van der Waals surface area contributed by atoms with E-state index in [0.717, 1.165) is 37.3 Å². The average Bonchev–Trinajstić information content (AvgIpc) is 3.01. The number of nitrogens with one attached hydrogen (secondary N) is 1. The SMILES string of the molecule is CCCn1cc(Nc2nccc(N3C[C@H]4CC[C@@H](C3)N4C(=O)C3CC3(F)F)n2)cn1. The maximum Gasteiger partial charge on any atom is 0.260 e. The van der Waals surface area contributed by atoms with Crippen LogP contribution in [0.4, 0.5) is 26.2 Å². The van der Waals surface area contributed by atoms with Gasteiger partial charge in [-0.05, 0) is 25.3 Å². The predicted molar refractivity (Wildman–Crippen MR) is 107 cm³/mol. The number of carbonyl (C=O) groups excluding carboxylic acids is 1. The molecule has 0 aromatic carbocycles. The quantitative estimate of drug-likeness (QED) is 0.779. The number of hydrogen-bond acceptors (Lipinski definition) is 6. The van der Waals surface area contributed by atoms with Crippen molar-refractivity contribution in [2.24, 2.45) is 5.92 Å². The van der Waals surface area contributed by atoms with Gasteiger partial charge in [-0.2, -0.15) is 10.1 Å². The predicted octanol–water partition coefficient (Wildman–Crippen LogP) is 2.66. The summed E-state index contributed by atoms with van der Waals surface area (Å²) < 4.78 is 28.7. The number of hydrogen-bond donors (Lipinski definition) is 1. The Kier molecular flexibility index (Phi) is 4.59. The van der Waals surface area contributed by atoms with Crippen molar-refractivity contribution in [1.29, 1.82) is 0 Å². The summed E-state index contributed by atoms with van der Waals surface area (Å²) in [4.78, 5) is 25.3. The second-order valence-electron chi connectivity index (χ2n) is 8.41. The van der Waals surface area contributed by atoms with Crippen molar-refractivity contribution in [2.45, 2.75) is 57.2 Å². The number of fused-ring (bicyclic) bond motifs is 2. The number of amides is 1. The molecule has 2 aliphatic heterocycles. The van der Waals surface area contributed by atoms with Crippen LogP contribution in [0.1, 0.15) is 32.6 Å². The zero-order chi connectivity index (χ0) is 20.9. The normalized spacial score (nSPS) is 26.7. The number of piperazine rings is 1. The fraction of sp³-hybridized carbons (Fsp3) is 0.600. The zero-order valence-electron chi connectivity index (χ0n) is 16.8. The van der Waals surface area contributed by atoms with Crippen molar-refractivity contribution in [2.75, 3.05) is 23.3 Å². The van der Waals surface area contributed by atoms with Gasteiger partial charge in [-0.1, -0.05) is 6.92 Å². The molecular weight excluding hydrogens is 392 g/mol. The van der Waals surface area contributed by atoms with Gasteiger partial charge in [0.2, 0.25) is 11.9 Å². The van der Waals surface area contributed by atoms with Crippen molar-refractivity contribution < 1.29 is 13.6 Å². The van der Waals surface area contributed by atoms with E-state index in [1.54, 1.807) is 17.3 Å². The van der Waals surface area contributed by atoms with Crippen molar-refractivity contribution in [3.8, 4) is 0 Å². The van der Waals surface area contributed by atoms with Crippen LogP contribution in [0.3, 0.4) is 0 Å². The Morgan fingerprint density at radius 2 is 2.03 bits per heavy atom. The third kappa shape index (κ3) is 3.48. The maximum absolute atomic E-state index is 13.4. The van der Waals surface area contributed by atoms with E-state index in [4.69, 9.17) is 0 Å². The molecule has 3 fully saturated rings. The zero-order valence-corrected chi connectivity index (χ0v) is 16.8. The Morgan fingerprint density at radius 1 is 1.30 bits per heavy atom. The largest absolute Gasteiger partial charge is 0.352 e. The third-order valence-electron chi connectivity index (χ3n) is 6.17. The molecule has 5 rings (SSSR count). The fourth-order valence-electron chi connectivity index (χ4n) is 4.61. The van der Waals surface area contributed by atoms with Crippen LogP contribution in [0, 0.1) is 5.92 Å². The second kappa shape index (κ2) is 7.17. The van der Waals surface area contributed by atoms with Gasteiger partial charge in [-0.15, -0.1) is 0 Å². The molecule has 1 saturated carbocycles. The molecule has 1 amide bonds. The lowest BCUT2D eigenvalue weighted by Crippen LogP contribution is -2.56. The van der Waals surface area contributed by atoms with Gasteiger partial charge in [-0.3, -0.25) is 9.48 Å². The molecule has 2 aromatic rings. The lowest BCUT2D eigenvalue weighted by molar-refractivity contribution is -0.138. The monoisotopic (exact) mass is 417 g/mol. The summed E-state index contributed by atoms with van der Waals surface area (Å²) in [6, 6.07) is 1.77. The molecule has 3 atom stereocenters. The van der Waals surface area contributed by atoms with E-state index in [1.807, 2.05) is 16.9 Å². The minimum absolute atomic E-state index is 0.0358. The van der Waals surface area contributed by atoms with Crippen LogP contribution < -0.4 is 10.2 Å². The van der Waals surface area contributed by atoms with E-state index in [0.29, 0.717) is 19.0 Å². The van der Waals surface area contributed by atoms with Crippen LogP contribution in [0.15, 0.2) is 24.7 Å². The number of rotatable bonds is 6. The van der Waals surface area contributed by atoms with Gasteiger partial charge in [0, 0.05) is 50.5 Å². The summed E-state index contributed by atoms with van der Waals surface area (Å²) in [5.74, 6) is -3.05. The molecule has 30 heavy (non-hydrogen) atoms. The molecular formula is C20H25F2N7O. The molecule has 1 unspecified atom stereocenters. The molecule has 1 aliphatic carbocycles. The molecule has 0 radical (unpaired) electrons. The molecule has 2 saturated heterocycles. The number of anilines is 3. The Labute approximate surface area is 173 Å². The fourth-order valence-corrected chi connectivity index (χ4v) is 4.61. The first-order valence-corrected chi connectivity index (χ1v) is 10.5. The standard InChI is InChI=1S/C20H25F2N7O/c1-2-7-28-10-13(9-24-28)25-19-23-6-5-17(26-19)27-11-14-3-4-15(12-27)29(14)18(30)16-8-20(16,21)22/h5-6,9-10,14-16H,2-4,7-8,11-12H2,1H3,(H,23,25,26)/t14-,15+,16?. The van der Waals surface area contributed by atoms with Crippen LogP contribution in [0.2, 0.25) is 0 Å². The van der Waals surface area contributed by atoms with Crippen molar-refractivity contribution in [3.05, 3.63) is 24.7 Å². The van der Waals surface area contributed by atoms with Gasteiger partial charge in [0.05, 0.1) is 11.9 Å². The highest BCUT2D eigenvalue weighted by atomic mass is 19.3. The van der Waals surface area contributed by atoms with E-state index in [2.05, 4.69) is 32.2 Å². The first-order chi connectivity index (χ1) is 14.4. The van der Waals surface area contributed by atoms with Gasteiger partial charge in [0.15, 0.2) is 0 Å². The van der Waals surface area contributed by atoms with Crippen LogP contribution in [0.25, 0.3) is 0 Å².